The highest BCUT2D eigenvalue weighted by atomic mass is 16.5. The molecule has 0 aliphatic carbocycles. The maximum Gasteiger partial charge on any atom is 0.120 e. The van der Waals surface area contributed by atoms with Gasteiger partial charge < -0.3 is 19.7 Å². The van der Waals surface area contributed by atoms with E-state index in [2.05, 4.69) is 0 Å². The maximum absolute atomic E-state index is 9.76. The molecule has 2 N–H and O–H groups in total. The number of hydrogen-bond acceptors (Lipinski definition) is 4. The SMILES string of the molecule is CC(C)(CC(C)(C)Oc1ccc2ccc(O)cc2c1)Oc1ccc2ccc(O)cc2c1. The van der Waals surface area contributed by atoms with Crippen molar-refractivity contribution in [2.75, 3.05) is 0 Å². The molecular formula is C27H28O4. The highest BCUT2D eigenvalue weighted by Crippen LogP contribution is 2.33. The van der Waals surface area contributed by atoms with Gasteiger partial charge in [0.15, 0.2) is 0 Å². The standard InChI is InChI=1S/C27H28O4/c1-26(2,30-24-11-7-18-5-9-22(28)13-20(18)15-24)17-27(3,4)31-25-12-8-19-6-10-23(29)14-21(19)16-25/h5-16,28-29H,17H2,1-4H3. The molecule has 0 radical (unpaired) electrons. The summed E-state index contributed by atoms with van der Waals surface area (Å²) in [5.74, 6) is 1.98. The van der Waals surface area contributed by atoms with Gasteiger partial charge in [0.2, 0.25) is 0 Å². The Labute approximate surface area is 182 Å². The van der Waals surface area contributed by atoms with E-state index in [1.54, 1.807) is 24.3 Å². The van der Waals surface area contributed by atoms with Crippen molar-refractivity contribution >= 4 is 21.5 Å². The van der Waals surface area contributed by atoms with Gasteiger partial charge in [0.05, 0.1) is 0 Å². The van der Waals surface area contributed by atoms with E-state index in [-0.39, 0.29) is 11.5 Å². The predicted molar refractivity (Wildman–Crippen MR) is 125 cm³/mol. The molecule has 0 spiro atoms. The van der Waals surface area contributed by atoms with Crippen LogP contribution >= 0.6 is 0 Å². The van der Waals surface area contributed by atoms with Crippen LogP contribution in [0.2, 0.25) is 0 Å². The zero-order valence-corrected chi connectivity index (χ0v) is 18.3. The van der Waals surface area contributed by atoms with Crippen LogP contribution in [-0.4, -0.2) is 21.4 Å². The van der Waals surface area contributed by atoms with Gasteiger partial charge in [-0.3, -0.25) is 0 Å². The summed E-state index contributed by atoms with van der Waals surface area (Å²) in [7, 11) is 0. The second-order valence-corrected chi connectivity index (χ2v) is 9.29. The third kappa shape index (κ3) is 5.02. The fourth-order valence-electron chi connectivity index (χ4n) is 4.29. The van der Waals surface area contributed by atoms with Crippen molar-refractivity contribution in [3.63, 3.8) is 0 Å². The largest absolute Gasteiger partial charge is 0.508 e. The summed E-state index contributed by atoms with van der Waals surface area (Å²) in [6.45, 7) is 8.18. The van der Waals surface area contributed by atoms with E-state index in [0.717, 1.165) is 33.0 Å². The third-order valence-electron chi connectivity index (χ3n) is 5.23. The monoisotopic (exact) mass is 416 g/mol. The molecule has 4 rings (SSSR count). The summed E-state index contributed by atoms with van der Waals surface area (Å²) in [4.78, 5) is 0. The number of hydrogen-bond donors (Lipinski definition) is 2. The van der Waals surface area contributed by atoms with Crippen molar-refractivity contribution < 1.29 is 19.7 Å². The Bertz CT molecular complexity index is 1140. The van der Waals surface area contributed by atoms with Gasteiger partial charge >= 0.3 is 0 Å². The lowest BCUT2D eigenvalue weighted by atomic mass is 9.91. The first kappa shape index (κ1) is 20.9. The molecule has 4 aromatic carbocycles. The molecule has 4 aromatic rings. The normalized spacial score (nSPS) is 12.3. The minimum absolute atomic E-state index is 0.238. The average Bonchev–Trinajstić information content (AvgIpc) is 2.65. The Kier molecular flexibility index (Phi) is 5.18. The summed E-state index contributed by atoms with van der Waals surface area (Å²) in [6, 6.07) is 22.4. The van der Waals surface area contributed by atoms with Crippen molar-refractivity contribution in [3.8, 4) is 23.0 Å². The number of ether oxygens (including phenoxy) is 2. The molecule has 4 heteroatoms. The Morgan fingerprint density at radius 3 is 1.35 bits per heavy atom. The first-order valence-corrected chi connectivity index (χ1v) is 10.4. The first-order chi connectivity index (χ1) is 14.6. The Morgan fingerprint density at radius 1 is 0.548 bits per heavy atom. The molecule has 0 saturated heterocycles. The molecule has 0 saturated carbocycles. The van der Waals surface area contributed by atoms with E-state index in [1.165, 1.54) is 0 Å². The van der Waals surface area contributed by atoms with Crippen molar-refractivity contribution in [2.24, 2.45) is 0 Å². The third-order valence-corrected chi connectivity index (χ3v) is 5.23. The van der Waals surface area contributed by atoms with E-state index in [0.29, 0.717) is 6.42 Å². The van der Waals surface area contributed by atoms with Crippen molar-refractivity contribution in [1.29, 1.82) is 0 Å². The maximum atomic E-state index is 9.76. The van der Waals surface area contributed by atoms with Crippen LogP contribution in [0.15, 0.2) is 72.8 Å². The number of phenols is 2. The summed E-state index contributed by atoms with van der Waals surface area (Å²) in [5.41, 5.74) is -0.966. The zero-order chi connectivity index (χ0) is 22.2. The lowest BCUT2D eigenvalue weighted by Crippen LogP contribution is -2.41. The quantitative estimate of drug-likeness (QED) is 0.362. The molecule has 0 aliphatic rings. The van der Waals surface area contributed by atoms with Crippen molar-refractivity contribution in [1.82, 2.24) is 0 Å². The van der Waals surface area contributed by atoms with E-state index in [1.807, 2.05) is 76.2 Å². The van der Waals surface area contributed by atoms with Crippen molar-refractivity contribution in [3.05, 3.63) is 72.8 Å². The lowest BCUT2D eigenvalue weighted by Gasteiger charge is -2.35. The minimum atomic E-state index is -0.483. The summed E-state index contributed by atoms with van der Waals surface area (Å²) >= 11 is 0. The highest BCUT2D eigenvalue weighted by Gasteiger charge is 2.32. The molecular weight excluding hydrogens is 388 g/mol. The Morgan fingerprint density at radius 2 is 0.935 bits per heavy atom. The van der Waals surface area contributed by atoms with Gasteiger partial charge in [-0.05, 0) is 97.8 Å². The van der Waals surface area contributed by atoms with Gasteiger partial charge in [0.1, 0.15) is 34.2 Å². The van der Waals surface area contributed by atoms with Gasteiger partial charge in [0.25, 0.3) is 0 Å². The minimum Gasteiger partial charge on any atom is -0.508 e. The highest BCUT2D eigenvalue weighted by molar-refractivity contribution is 5.85. The molecule has 160 valence electrons. The van der Waals surface area contributed by atoms with Gasteiger partial charge in [0, 0.05) is 6.42 Å². The smallest absolute Gasteiger partial charge is 0.120 e. The fourth-order valence-corrected chi connectivity index (χ4v) is 4.29. The lowest BCUT2D eigenvalue weighted by molar-refractivity contribution is 0.00520. The van der Waals surface area contributed by atoms with Gasteiger partial charge in [-0.15, -0.1) is 0 Å². The summed E-state index contributed by atoms with van der Waals surface area (Å²) < 4.78 is 12.6. The van der Waals surface area contributed by atoms with Gasteiger partial charge in [-0.2, -0.15) is 0 Å². The van der Waals surface area contributed by atoms with Gasteiger partial charge in [-0.25, -0.2) is 0 Å². The van der Waals surface area contributed by atoms with Crippen LogP contribution in [-0.2, 0) is 0 Å². The van der Waals surface area contributed by atoms with Gasteiger partial charge in [-0.1, -0.05) is 24.3 Å². The fraction of sp³-hybridized carbons (Fsp3) is 0.259. The zero-order valence-electron chi connectivity index (χ0n) is 18.3. The van der Waals surface area contributed by atoms with Crippen LogP contribution in [0.4, 0.5) is 0 Å². The van der Waals surface area contributed by atoms with E-state index in [9.17, 15) is 10.2 Å². The second-order valence-electron chi connectivity index (χ2n) is 9.29. The molecule has 4 nitrogen and oxygen atoms in total. The number of rotatable bonds is 6. The first-order valence-electron chi connectivity index (χ1n) is 10.4. The average molecular weight is 417 g/mol. The Hall–Kier alpha value is -3.40. The summed E-state index contributed by atoms with van der Waals surface area (Å²) in [5, 5.41) is 23.5. The number of phenolic OH excluding ortho intramolecular Hbond substituents is 2. The number of fused-ring (bicyclic) bond motifs is 2. The van der Waals surface area contributed by atoms with E-state index >= 15 is 0 Å². The van der Waals surface area contributed by atoms with Crippen LogP contribution in [0.3, 0.4) is 0 Å². The second kappa shape index (κ2) is 7.69. The molecule has 0 aromatic heterocycles. The molecule has 0 heterocycles. The number of benzene rings is 4. The van der Waals surface area contributed by atoms with Crippen LogP contribution < -0.4 is 9.47 Å². The van der Waals surface area contributed by atoms with E-state index in [4.69, 9.17) is 9.47 Å². The van der Waals surface area contributed by atoms with Crippen LogP contribution in [0.1, 0.15) is 34.1 Å². The molecule has 0 bridgehead atoms. The predicted octanol–water partition coefficient (Wildman–Crippen LogP) is 6.81. The Balaban J connectivity index is 1.49. The molecule has 0 aliphatic heterocycles. The molecule has 0 amide bonds. The van der Waals surface area contributed by atoms with Crippen LogP contribution in [0, 0.1) is 0 Å². The molecule has 0 atom stereocenters. The van der Waals surface area contributed by atoms with Crippen LogP contribution in [0.5, 0.6) is 23.0 Å². The molecule has 31 heavy (non-hydrogen) atoms. The number of aromatic hydroxyl groups is 2. The van der Waals surface area contributed by atoms with Crippen LogP contribution in [0.25, 0.3) is 21.5 Å². The van der Waals surface area contributed by atoms with Crippen molar-refractivity contribution in [2.45, 2.75) is 45.3 Å². The van der Waals surface area contributed by atoms with E-state index < -0.39 is 11.2 Å². The topological polar surface area (TPSA) is 58.9 Å². The summed E-state index contributed by atoms with van der Waals surface area (Å²) in [6.07, 6.45) is 0.649. The molecule has 0 fully saturated rings. The molecule has 0 unspecified atom stereocenters.